The van der Waals surface area contributed by atoms with Gasteiger partial charge in [0.2, 0.25) is 0 Å². The smallest absolute Gasteiger partial charge is 0.0429 e. The SMILES string of the molecule is CCc1ccc(C(C)C)nc1.CNC. The molecule has 1 aromatic heterocycles. The number of aromatic nitrogens is 1. The Labute approximate surface area is 87.8 Å². The summed E-state index contributed by atoms with van der Waals surface area (Å²) in [5, 5.41) is 2.75. The first-order valence-electron chi connectivity index (χ1n) is 5.19. The predicted molar refractivity (Wildman–Crippen MR) is 62.7 cm³/mol. The molecular weight excluding hydrogens is 172 g/mol. The highest BCUT2D eigenvalue weighted by Gasteiger charge is 1.98. The van der Waals surface area contributed by atoms with Gasteiger partial charge in [0.15, 0.2) is 0 Å². The molecule has 0 bridgehead atoms. The first-order chi connectivity index (χ1) is 6.65. The number of rotatable bonds is 2. The lowest BCUT2D eigenvalue weighted by Gasteiger charge is -2.03. The lowest BCUT2D eigenvalue weighted by Crippen LogP contribution is -1.92. The van der Waals surface area contributed by atoms with Gasteiger partial charge in [-0.1, -0.05) is 26.8 Å². The number of hydrogen-bond donors (Lipinski definition) is 1. The first kappa shape index (κ1) is 13.1. The first-order valence-corrected chi connectivity index (χ1v) is 5.19. The summed E-state index contributed by atoms with van der Waals surface area (Å²) in [7, 11) is 3.75. The van der Waals surface area contributed by atoms with Crippen molar-refractivity contribution in [1.82, 2.24) is 10.3 Å². The van der Waals surface area contributed by atoms with Crippen LogP contribution < -0.4 is 5.32 Å². The van der Waals surface area contributed by atoms with Gasteiger partial charge in [0.05, 0.1) is 0 Å². The molecule has 0 saturated heterocycles. The van der Waals surface area contributed by atoms with E-state index in [0.29, 0.717) is 5.92 Å². The molecule has 80 valence electrons. The Hall–Kier alpha value is -0.890. The van der Waals surface area contributed by atoms with Crippen LogP contribution in [-0.4, -0.2) is 19.1 Å². The van der Waals surface area contributed by atoms with E-state index in [2.05, 4.69) is 43.2 Å². The quantitative estimate of drug-likeness (QED) is 0.782. The van der Waals surface area contributed by atoms with Crippen molar-refractivity contribution in [2.45, 2.75) is 33.1 Å². The molecule has 0 aromatic carbocycles. The van der Waals surface area contributed by atoms with Gasteiger partial charge in [-0.05, 0) is 38.1 Å². The van der Waals surface area contributed by atoms with Crippen LogP contribution in [0.2, 0.25) is 0 Å². The number of pyridine rings is 1. The van der Waals surface area contributed by atoms with Crippen LogP contribution in [-0.2, 0) is 6.42 Å². The minimum Gasteiger partial charge on any atom is -0.323 e. The molecule has 1 aromatic rings. The van der Waals surface area contributed by atoms with Crippen molar-refractivity contribution in [3.63, 3.8) is 0 Å². The van der Waals surface area contributed by atoms with E-state index in [1.54, 1.807) is 0 Å². The molecule has 0 atom stereocenters. The summed E-state index contributed by atoms with van der Waals surface area (Å²) in [5.41, 5.74) is 2.50. The van der Waals surface area contributed by atoms with Gasteiger partial charge in [0, 0.05) is 11.9 Å². The zero-order chi connectivity index (χ0) is 11.0. The second-order valence-corrected chi connectivity index (χ2v) is 3.60. The van der Waals surface area contributed by atoms with Crippen LogP contribution in [0.3, 0.4) is 0 Å². The van der Waals surface area contributed by atoms with Gasteiger partial charge < -0.3 is 5.32 Å². The molecule has 0 saturated carbocycles. The molecule has 1 rings (SSSR count). The van der Waals surface area contributed by atoms with E-state index in [-0.39, 0.29) is 0 Å². The largest absolute Gasteiger partial charge is 0.323 e. The highest BCUT2D eigenvalue weighted by molar-refractivity contribution is 5.15. The highest BCUT2D eigenvalue weighted by Crippen LogP contribution is 2.11. The van der Waals surface area contributed by atoms with E-state index >= 15 is 0 Å². The molecule has 0 aliphatic carbocycles. The lowest BCUT2D eigenvalue weighted by molar-refractivity contribution is 0.819. The zero-order valence-electron chi connectivity index (χ0n) is 9.96. The van der Waals surface area contributed by atoms with Crippen molar-refractivity contribution in [3.8, 4) is 0 Å². The van der Waals surface area contributed by atoms with E-state index in [1.807, 2.05) is 20.3 Å². The summed E-state index contributed by atoms with van der Waals surface area (Å²) >= 11 is 0. The summed E-state index contributed by atoms with van der Waals surface area (Å²) in [5.74, 6) is 0.543. The van der Waals surface area contributed by atoms with Crippen molar-refractivity contribution in [2.75, 3.05) is 14.1 Å². The van der Waals surface area contributed by atoms with Gasteiger partial charge in [-0.25, -0.2) is 0 Å². The molecule has 2 nitrogen and oxygen atoms in total. The van der Waals surface area contributed by atoms with E-state index in [0.717, 1.165) is 6.42 Å². The Balaban J connectivity index is 0.000000500. The predicted octanol–water partition coefficient (Wildman–Crippen LogP) is 2.60. The Morgan fingerprint density at radius 1 is 1.29 bits per heavy atom. The maximum atomic E-state index is 4.35. The van der Waals surface area contributed by atoms with Crippen LogP contribution in [0.25, 0.3) is 0 Å². The molecule has 14 heavy (non-hydrogen) atoms. The average Bonchev–Trinajstić information content (AvgIpc) is 2.19. The van der Waals surface area contributed by atoms with E-state index in [1.165, 1.54) is 11.3 Å². The molecule has 0 aliphatic rings. The minimum absolute atomic E-state index is 0.543. The van der Waals surface area contributed by atoms with Crippen LogP contribution in [0.4, 0.5) is 0 Å². The topological polar surface area (TPSA) is 24.9 Å². The third kappa shape index (κ3) is 4.97. The van der Waals surface area contributed by atoms with Crippen LogP contribution in [0, 0.1) is 0 Å². The second kappa shape index (κ2) is 7.51. The maximum absolute atomic E-state index is 4.35. The summed E-state index contributed by atoms with van der Waals surface area (Å²) in [4.78, 5) is 4.35. The van der Waals surface area contributed by atoms with E-state index in [9.17, 15) is 0 Å². The maximum Gasteiger partial charge on any atom is 0.0429 e. The fraction of sp³-hybridized carbons (Fsp3) is 0.583. The van der Waals surface area contributed by atoms with Gasteiger partial charge in [-0.3, -0.25) is 4.98 Å². The molecule has 0 spiro atoms. The Morgan fingerprint density at radius 3 is 2.14 bits per heavy atom. The molecule has 1 heterocycles. The van der Waals surface area contributed by atoms with Crippen LogP contribution in [0.1, 0.15) is 37.9 Å². The molecule has 0 unspecified atom stereocenters. The third-order valence-corrected chi connectivity index (χ3v) is 1.85. The fourth-order valence-electron chi connectivity index (χ4n) is 0.987. The Bertz CT molecular complexity index is 227. The summed E-state index contributed by atoms with van der Waals surface area (Å²) in [6, 6.07) is 4.27. The van der Waals surface area contributed by atoms with Gasteiger partial charge in [-0.2, -0.15) is 0 Å². The third-order valence-electron chi connectivity index (χ3n) is 1.85. The van der Waals surface area contributed by atoms with E-state index in [4.69, 9.17) is 0 Å². The monoisotopic (exact) mass is 194 g/mol. The molecule has 0 radical (unpaired) electrons. The molecule has 0 aliphatic heterocycles. The molecule has 0 fully saturated rings. The molecular formula is C12H22N2. The van der Waals surface area contributed by atoms with Gasteiger partial charge in [0.25, 0.3) is 0 Å². The lowest BCUT2D eigenvalue weighted by atomic mass is 10.1. The summed E-state index contributed by atoms with van der Waals surface area (Å²) in [6.07, 6.45) is 3.04. The average molecular weight is 194 g/mol. The number of aryl methyl sites for hydroxylation is 1. The molecule has 0 amide bonds. The van der Waals surface area contributed by atoms with Crippen molar-refractivity contribution < 1.29 is 0 Å². The zero-order valence-corrected chi connectivity index (χ0v) is 9.96. The van der Waals surface area contributed by atoms with Crippen LogP contribution >= 0.6 is 0 Å². The Morgan fingerprint density at radius 2 is 1.86 bits per heavy atom. The number of hydrogen-bond acceptors (Lipinski definition) is 2. The van der Waals surface area contributed by atoms with Crippen LogP contribution in [0.5, 0.6) is 0 Å². The fourth-order valence-corrected chi connectivity index (χ4v) is 0.987. The van der Waals surface area contributed by atoms with Gasteiger partial charge in [-0.15, -0.1) is 0 Å². The summed E-state index contributed by atoms with van der Waals surface area (Å²) in [6.45, 7) is 6.47. The van der Waals surface area contributed by atoms with Crippen LogP contribution in [0.15, 0.2) is 18.3 Å². The number of nitrogens with zero attached hydrogens (tertiary/aromatic N) is 1. The van der Waals surface area contributed by atoms with Gasteiger partial charge in [0.1, 0.15) is 0 Å². The summed E-state index contributed by atoms with van der Waals surface area (Å²) < 4.78 is 0. The van der Waals surface area contributed by atoms with E-state index < -0.39 is 0 Å². The normalized spacial score (nSPS) is 9.57. The second-order valence-electron chi connectivity index (χ2n) is 3.60. The molecule has 1 N–H and O–H groups in total. The molecule has 2 heteroatoms. The van der Waals surface area contributed by atoms with Crippen molar-refractivity contribution >= 4 is 0 Å². The highest BCUT2D eigenvalue weighted by atomic mass is 14.7. The minimum atomic E-state index is 0.543. The van der Waals surface area contributed by atoms with Crippen molar-refractivity contribution in [2.24, 2.45) is 0 Å². The standard InChI is InChI=1S/C10H15N.C2H7N/c1-4-9-5-6-10(8(2)3)11-7-9;1-3-2/h5-8H,4H2,1-3H3;3H,1-2H3. The number of nitrogens with one attached hydrogen (secondary N) is 1. The van der Waals surface area contributed by atoms with Gasteiger partial charge >= 0.3 is 0 Å². The van der Waals surface area contributed by atoms with Crippen molar-refractivity contribution in [3.05, 3.63) is 29.6 Å². The van der Waals surface area contributed by atoms with Crippen molar-refractivity contribution in [1.29, 1.82) is 0 Å². The Kier molecular flexibility index (Phi) is 7.03.